The molecule has 100 valence electrons. The highest BCUT2D eigenvalue weighted by molar-refractivity contribution is 5.28. The Bertz CT molecular complexity index is 543. The first-order valence-electron chi connectivity index (χ1n) is 5.99. The van der Waals surface area contributed by atoms with Crippen LogP contribution in [0.4, 0.5) is 8.78 Å². The summed E-state index contributed by atoms with van der Waals surface area (Å²) in [5.74, 6) is -1.76. The summed E-state index contributed by atoms with van der Waals surface area (Å²) in [6.07, 6.45) is 0. The van der Waals surface area contributed by atoms with Crippen LogP contribution in [-0.2, 0) is 24.5 Å². The fraction of sp³-hybridized carbons (Fsp3) is 0.200. The van der Waals surface area contributed by atoms with E-state index in [1.807, 2.05) is 30.3 Å². The summed E-state index contributed by atoms with van der Waals surface area (Å²) in [7, 11) is 0. The van der Waals surface area contributed by atoms with E-state index in [9.17, 15) is 8.78 Å². The summed E-state index contributed by atoms with van der Waals surface area (Å²) >= 11 is 0. The minimum atomic E-state index is -0.882. The molecule has 0 atom stereocenters. The predicted octanol–water partition coefficient (Wildman–Crippen LogP) is 3.14. The Balaban J connectivity index is 2.01. The van der Waals surface area contributed by atoms with Crippen LogP contribution in [0.25, 0.3) is 0 Å². The maximum absolute atomic E-state index is 13.2. The lowest BCUT2D eigenvalue weighted by Crippen LogP contribution is -2.05. The smallest absolute Gasteiger partial charge is 0.159 e. The molecule has 0 aliphatic carbocycles. The quantitative estimate of drug-likeness (QED) is 0.899. The lowest BCUT2D eigenvalue weighted by atomic mass is 10.1. The molecule has 0 radical (unpaired) electrons. The van der Waals surface area contributed by atoms with Crippen molar-refractivity contribution in [3.05, 3.63) is 70.8 Å². The van der Waals surface area contributed by atoms with Gasteiger partial charge in [-0.15, -0.1) is 0 Å². The number of hydrogen-bond donors (Lipinski definition) is 1. The molecule has 0 fully saturated rings. The molecule has 2 nitrogen and oxygen atoms in total. The molecule has 0 heterocycles. The van der Waals surface area contributed by atoms with E-state index in [1.165, 1.54) is 0 Å². The van der Waals surface area contributed by atoms with E-state index < -0.39 is 11.6 Å². The highest BCUT2D eigenvalue weighted by Crippen LogP contribution is 2.16. The molecule has 0 aliphatic rings. The molecule has 2 rings (SSSR count). The van der Waals surface area contributed by atoms with Gasteiger partial charge in [-0.25, -0.2) is 8.78 Å². The fourth-order valence-corrected chi connectivity index (χ4v) is 1.81. The van der Waals surface area contributed by atoms with Crippen LogP contribution in [0.1, 0.15) is 16.7 Å². The van der Waals surface area contributed by atoms with Gasteiger partial charge in [-0.3, -0.25) is 0 Å². The van der Waals surface area contributed by atoms with Gasteiger partial charge in [0.1, 0.15) is 0 Å². The molecule has 2 N–H and O–H groups in total. The maximum atomic E-state index is 13.2. The van der Waals surface area contributed by atoms with E-state index >= 15 is 0 Å². The number of rotatable bonds is 5. The van der Waals surface area contributed by atoms with Crippen LogP contribution in [0.15, 0.2) is 42.5 Å². The molecule has 0 amide bonds. The first-order valence-corrected chi connectivity index (χ1v) is 5.99. The van der Waals surface area contributed by atoms with Crippen molar-refractivity contribution in [1.82, 2.24) is 0 Å². The molecule has 0 unspecified atom stereocenters. The van der Waals surface area contributed by atoms with Crippen LogP contribution in [-0.4, -0.2) is 0 Å². The van der Waals surface area contributed by atoms with Crippen LogP contribution in [0, 0.1) is 11.6 Å². The van der Waals surface area contributed by atoms with Crippen molar-refractivity contribution in [1.29, 1.82) is 0 Å². The second kappa shape index (κ2) is 6.41. The second-order valence-electron chi connectivity index (χ2n) is 4.22. The van der Waals surface area contributed by atoms with Crippen molar-refractivity contribution in [3.63, 3.8) is 0 Å². The maximum Gasteiger partial charge on any atom is 0.159 e. The summed E-state index contributed by atoms with van der Waals surface area (Å²) in [4.78, 5) is 0. The number of hydrogen-bond acceptors (Lipinski definition) is 2. The average molecular weight is 263 g/mol. The second-order valence-corrected chi connectivity index (χ2v) is 4.22. The number of benzene rings is 2. The molecule has 0 bridgehead atoms. The summed E-state index contributed by atoms with van der Waals surface area (Å²) in [5.41, 5.74) is 7.68. The van der Waals surface area contributed by atoms with E-state index in [2.05, 4.69) is 0 Å². The molecule has 2 aromatic carbocycles. The summed E-state index contributed by atoms with van der Waals surface area (Å²) in [6.45, 7) is 0.781. The first kappa shape index (κ1) is 13.6. The van der Waals surface area contributed by atoms with Gasteiger partial charge in [-0.05, 0) is 28.8 Å². The molecule has 0 saturated heterocycles. The Kier molecular flexibility index (Phi) is 4.60. The third-order valence-electron chi connectivity index (χ3n) is 2.83. The Hall–Kier alpha value is -1.78. The summed E-state index contributed by atoms with van der Waals surface area (Å²) in [5, 5.41) is 0. The lowest BCUT2D eigenvalue weighted by molar-refractivity contribution is 0.106. The lowest BCUT2D eigenvalue weighted by Gasteiger charge is -2.09. The molecule has 2 aromatic rings. The van der Waals surface area contributed by atoms with Gasteiger partial charge in [0.25, 0.3) is 0 Å². The van der Waals surface area contributed by atoms with Crippen molar-refractivity contribution in [2.24, 2.45) is 5.73 Å². The van der Waals surface area contributed by atoms with E-state index in [1.54, 1.807) is 0 Å². The van der Waals surface area contributed by atoms with Crippen LogP contribution < -0.4 is 5.73 Å². The largest absolute Gasteiger partial charge is 0.372 e. The average Bonchev–Trinajstić information content (AvgIpc) is 2.43. The van der Waals surface area contributed by atoms with Gasteiger partial charge >= 0.3 is 0 Å². The van der Waals surface area contributed by atoms with Crippen LogP contribution in [0.3, 0.4) is 0 Å². The third kappa shape index (κ3) is 3.59. The molecule has 19 heavy (non-hydrogen) atoms. The number of nitrogens with two attached hydrogens (primary N) is 1. The van der Waals surface area contributed by atoms with Gasteiger partial charge in [-0.2, -0.15) is 0 Å². The number of halogens is 2. The van der Waals surface area contributed by atoms with Gasteiger partial charge in [0.2, 0.25) is 0 Å². The fourth-order valence-electron chi connectivity index (χ4n) is 1.81. The van der Waals surface area contributed by atoms with E-state index in [4.69, 9.17) is 10.5 Å². The van der Waals surface area contributed by atoms with Crippen molar-refractivity contribution in [2.45, 2.75) is 19.8 Å². The van der Waals surface area contributed by atoms with E-state index in [0.717, 1.165) is 17.7 Å². The van der Waals surface area contributed by atoms with Crippen LogP contribution in [0.2, 0.25) is 0 Å². The van der Waals surface area contributed by atoms with Gasteiger partial charge in [0, 0.05) is 6.54 Å². The first-order chi connectivity index (χ1) is 9.20. The van der Waals surface area contributed by atoms with E-state index in [-0.39, 0.29) is 13.2 Å². The normalized spacial score (nSPS) is 10.7. The molecule has 0 aliphatic heterocycles. The predicted molar refractivity (Wildman–Crippen MR) is 69.2 cm³/mol. The van der Waals surface area contributed by atoms with Crippen molar-refractivity contribution < 1.29 is 13.5 Å². The Morgan fingerprint density at radius 1 is 0.895 bits per heavy atom. The van der Waals surface area contributed by atoms with Crippen molar-refractivity contribution in [3.8, 4) is 0 Å². The minimum Gasteiger partial charge on any atom is -0.372 e. The standard InChI is InChI=1S/C15H15F2NO/c16-14-6-12(8-18)13(7-15(14)17)10-19-9-11-4-2-1-3-5-11/h1-7H,8-10,18H2. The molecular formula is C15H15F2NO. The highest BCUT2D eigenvalue weighted by Gasteiger charge is 2.09. The zero-order chi connectivity index (χ0) is 13.7. The van der Waals surface area contributed by atoms with Gasteiger partial charge in [0.15, 0.2) is 11.6 Å². The summed E-state index contributed by atoms with van der Waals surface area (Å²) in [6, 6.07) is 11.9. The molecule has 0 spiro atoms. The topological polar surface area (TPSA) is 35.2 Å². The van der Waals surface area contributed by atoms with Gasteiger partial charge in [-0.1, -0.05) is 30.3 Å². The molecular weight excluding hydrogens is 248 g/mol. The zero-order valence-electron chi connectivity index (χ0n) is 10.4. The van der Waals surface area contributed by atoms with Crippen molar-refractivity contribution >= 4 is 0 Å². The third-order valence-corrected chi connectivity index (χ3v) is 2.83. The Labute approximate surface area is 110 Å². The molecule has 0 saturated carbocycles. The zero-order valence-corrected chi connectivity index (χ0v) is 10.4. The minimum absolute atomic E-state index is 0.154. The highest BCUT2D eigenvalue weighted by atomic mass is 19.2. The monoisotopic (exact) mass is 263 g/mol. The Morgan fingerprint density at radius 3 is 2.16 bits per heavy atom. The van der Waals surface area contributed by atoms with Crippen LogP contribution >= 0.6 is 0 Å². The van der Waals surface area contributed by atoms with E-state index in [0.29, 0.717) is 17.7 Å². The van der Waals surface area contributed by atoms with Crippen LogP contribution in [0.5, 0.6) is 0 Å². The molecule has 0 aromatic heterocycles. The van der Waals surface area contributed by atoms with Gasteiger partial charge < -0.3 is 10.5 Å². The van der Waals surface area contributed by atoms with Gasteiger partial charge in [0.05, 0.1) is 13.2 Å². The molecule has 4 heteroatoms. The van der Waals surface area contributed by atoms with Crippen molar-refractivity contribution in [2.75, 3.05) is 0 Å². The Morgan fingerprint density at radius 2 is 1.53 bits per heavy atom. The number of ether oxygens (including phenoxy) is 1. The summed E-state index contributed by atoms with van der Waals surface area (Å²) < 4.78 is 31.7. The SMILES string of the molecule is NCc1cc(F)c(F)cc1COCc1ccccc1.